The minimum Gasteiger partial charge on any atom is -0.382 e. The lowest BCUT2D eigenvalue weighted by Crippen LogP contribution is -2.45. The number of halogens is 3. The summed E-state index contributed by atoms with van der Waals surface area (Å²) in [6, 6.07) is 2.09. The van der Waals surface area contributed by atoms with Crippen LogP contribution in [-0.4, -0.2) is 19.8 Å². The van der Waals surface area contributed by atoms with E-state index < -0.39 is 17.5 Å². The number of hydrogen-bond donors (Lipinski definition) is 1. The summed E-state index contributed by atoms with van der Waals surface area (Å²) in [5.74, 6) is -3.80. The summed E-state index contributed by atoms with van der Waals surface area (Å²) in [5.41, 5.74) is -0.0795. The fourth-order valence-electron chi connectivity index (χ4n) is 1.52. The van der Waals surface area contributed by atoms with E-state index in [2.05, 4.69) is 5.32 Å². The highest BCUT2D eigenvalue weighted by Crippen LogP contribution is 2.28. The van der Waals surface area contributed by atoms with Crippen molar-refractivity contribution in [1.82, 2.24) is 0 Å². The molecule has 1 heterocycles. The van der Waals surface area contributed by atoms with Crippen LogP contribution in [0.4, 0.5) is 18.9 Å². The second-order valence-electron chi connectivity index (χ2n) is 4.38. The molecule has 5 heteroatoms. The molecule has 1 aliphatic rings. The fraction of sp³-hybridized carbons (Fsp3) is 0.455. The van der Waals surface area contributed by atoms with E-state index in [1.165, 1.54) is 6.07 Å². The largest absolute Gasteiger partial charge is 0.382 e. The summed E-state index contributed by atoms with van der Waals surface area (Å²) in [6.07, 6.45) is 0. The minimum absolute atomic E-state index is 0.0213. The Balaban J connectivity index is 2.07. The normalized spacial score (nSPS) is 18.0. The molecule has 2 nitrogen and oxygen atoms in total. The summed E-state index contributed by atoms with van der Waals surface area (Å²) < 4.78 is 43.8. The van der Waals surface area contributed by atoms with Crippen molar-refractivity contribution in [2.75, 3.05) is 25.1 Å². The van der Waals surface area contributed by atoms with Crippen LogP contribution in [0.2, 0.25) is 0 Å². The monoisotopic (exact) mass is 231 g/mol. The number of ether oxygens (including phenoxy) is 1. The zero-order valence-corrected chi connectivity index (χ0v) is 8.82. The van der Waals surface area contributed by atoms with Gasteiger partial charge in [0.1, 0.15) is 0 Å². The quantitative estimate of drug-likeness (QED) is 0.807. The van der Waals surface area contributed by atoms with Gasteiger partial charge in [-0.2, -0.15) is 0 Å². The number of nitrogens with one attached hydrogen (secondary N) is 1. The molecule has 1 aromatic rings. The van der Waals surface area contributed by atoms with Gasteiger partial charge in [0.05, 0.1) is 18.9 Å². The van der Waals surface area contributed by atoms with E-state index in [9.17, 15) is 13.2 Å². The Labute approximate surface area is 91.4 Å². The van der Waals surface area contributed by atoms with Crippen LogP contribution in [0.25, 0.3) is 0 Å². The van der Waals surface area contributed by atoms with E-state index in [-0.39, 0.29) is 11.1 Å². The van der Waals surface area contributed by atoms with Gasteiger partial charge in [-0.1, -0.05) is 6.92 Å². The van der Waals surface area contributed by atoms with Crippen LogP contribution in [0.15, 0.2) is 12.1 Å². The first kappa shape index (κ1) is 11.3. The lowest BCUT2D eigenvalue weighted by molar-refractivity contribution is -0.0924. The van der Waals surface area contributed by atoms with E-state index in [1.54, 1.807) is 0 Å². The molecule has 1 N–H and O–H groups in total. The highest BCUT2D eigenvalue weighted by Gasteiger charge is 2.33. The summed E-state index contributed by atoms with van der Waals surface area (Å²) in [4.78, 5) is 0. The Bertz CT molecular complexity index is 404. The van der Waals surface area contributed by atoms with E-state index in [1.807, 2.05) is 6.92 Å². The molecular formula is C11H12F3NO. The zero-order valence-electron chi connectivity index (χ0n) is 8.82. The molecule has 0 bridgehead atoms. The molecule has 0 spiro atoms. The number of benzene rings is 1. The smallest absolute Gasteiger partial charge is 0.196 e. The SMILES string of the molecule is CC1(CNc2ccc(F)c(F)c2F)COC1. The van der Waals surface area contributed by atoms with Crippen LogP contribution in [0.5, 0.6) is 0 Å². The van der Waals surface area contributed by atoms with Crippen LogP contribution < -0.4 is 5.32 Å². The van der Waals surface area contributed by atoms with Gasteiger partial charge in [-0.15, -0.1) is 0 Å². The molecule has 0 aliphatic carbocycles. The molecular weight excluding hydrogens is 219 g/mol. The molecule has 1 saturated heterocycles. The predicted molar refractivity (Wildman–Crippen MR) is 53.7 cm³/mol. The topological polar surface area (TPSA) is 21.3 Å². The average molecular weight is 231 g/mol. The van der Waals surface area contributed by atoms with E-state index >= 15 is 0 Å². The number of hydrogen-bond acceptors (Lipinski definition) is 2. The highest BCUT2D eigenvalue weighted by molar-refractivity contribution is 5.45. The third-order valence-corrected chi connectivity index (χ3v) is 2.64. The van der Waals surface area contributed by atoms with Gasteiger partial charge in [-0.3, -0.25) is 0 Å². The molecule has 1 aromatic carbocycles. The third-order valence-electron chi connectivity index (χ3n) is 2.64. The van der Waals surface area contributed by atoms with Gasteiger partial charge in [0.25, 0.3) is 0 Å². The Kier molecular flexibility index (Phi) is 2.80. The lowest BCUT2D eigenvalue weighted by Gasteiger charge is -2.38. The van der Waals surface area contributed by atoms with E-state index in [4.69, 9.17) is 4.74 Å². The van der Waals surface area contributed by atoms with Crippen molar-refractivity contribution < 1.29 is 17.9 Å². The van der Waals surface area contributed by atoms with Gasteiger partial charge in [0, 0.05) is 12.0 Å². The van der Waals surface area contributed by atoms with Gasteiger partial charge < -0.3 is 10.1 Å². The van der Waals surface area contributed by atoms with Crippen molar-refractivity contribution in [2.24, 2.45) is 5.41 Å². The fourth-order valence-corrected chi connectivity index (χ4v) is 1.52. The second kappa shape index (κ2) is 3.97. The molecule has 0 atom stereocenters. The average Bonchev–Trinajstić information content (AvgIpc) is 2.22. The van der Waals surface area contributed by atoms with Crippen molar-refractivity contribution in [1.29, 1.82) is 0 Å². The molecule has 0 aromatic heterocycles. The van der Waals surface area contributed by atoms with Crippen molar-refractivity contribution in [3.05, 3.63) is 29.6 Å². The Morgan fingerprint density at radius 2 is 1.94 bits per heavy atom. The molecule has 1 fully saturated rings. The predicted octanol–water partition coefficient (Wildman–Crippen LogP) is 2.55. The maximum atomic E-state index is 13.3. The van der Waals surface area contributed by atoms with E-state index in [0.717, 1.165) is 6.07 Å². The molecule has 88 valence electrons. The van der Waals surface area contributed by atoms with Gasteiger partial charge in [0.2, 0.25) is 0 Å². The van der Waals surface area contributed by atoms with Crippen molar-refractivity contribution in [2.45, 2.75) is 6.92 Å². The lowest BCUT2D eigenvalue weighted by atomic mass is 9.88. The zero-order chi connectivity index (χ0) is 11.8. The third kappa shape index (κ3) is 2.00. The van der Waals surface area contributed by atoms with Crippen LogP contribution >= 0.6 is 0 Å². The summed E-state index contributed by atoms with van der Waals surface area (Å²) >= 11 is 0. The molecule has 2 rings (SSSR count). The molecule has 0 unspecified atom stereocenters. The Hall–Kier alpha value is -1.23. The van der Waals surface area contributed by atoms with Crippen molar-refractivity contribution >= 4 is 5.69 Å². The van der Waals surface area contributed by atoms with Gasteiger partial charge in [0.15, 0.2) is 17.5 Å². The minimum atomic E-state index is -1.44. The Morgan fingerprint density at radius 1 is 1.25 bits per heavy atom. The molecule has 1 aliphatic heterocycles. The second-order valence-corrected chi connectivity index (χ2v) is 4.38. The first-order valence-electron chi connectivity index (χ1n) is 4.97. The van der Waals surface area contributed by atoms with Gasteiger partial charge in [-0.05, 0) is 12.1 Å². The number of rotatable bonds is 3. The Morgan fingerprint density at radius 3 is 2.50 bits per heavy atom. The first-order valence-corrected chi connectivity index (χ1v) is 4.97. The summed E-state index contributed by atoms with van der Waals surface area (Å²) in [7, 11) is 0. The van der Waals surface area contributed by atoms with Crippen LogP contribution in [0.1, 0.15) is 6.92 Å². The first-order chi connectivity index (χ1) is 7.52. The van der Waals surface area contributed by atoms with Crippen molar-refractivity contribution in [3.8, 4) is 0 Å². The molecule has 16 heavy (non-hydrogen) atoms. The van der Waals surface area contributed by atoms with Crippen LogP contribution in [0.3, 0.4) is 0 Å². The van der Waals surface area contributed by atoms with Crippen molar-refractivity contribution in [3.63, 3.8) is 0 Å². The van der Waals surface area contributed by atoms with E-state index in [0.29, 0.717) is 19.8 Å². The maximum absolute atomic E-state index is 13.3. The summed E-state index contributed by atoms with van der Waals surface area (Å²) in [6.45, 7) is 3.62. The van der Waals surface area contributed by atoms with Gasteiger partial charge in [-0.25, -0.2) is 13.2 Å². The highest BCUT2D eigenvalue weighted by atomic mass is 19.2. The molecule has 0 radical (unpaired) electrons. The van der Waals surface area contributed by atoms with Crippen LogP contribution in [0, 0.1) is 22.9 Å². The maximum Gasteiger partial charge on any atom is 0.196 e. The summed E-state index contributed by atoms with van der Waals surface area (Å²) in [5, 5.41) is 2.76. The van der Waals surface area contributed by atoms with Gasteiger partial charge >= 0.3 is 0 Å². The molecule has 0 saturated carbocycles. The number of anilines is 1. The van der Waals surface area contributed by atoms with Crippen LogP contribution in [-0.2, 0) is 4.74 Å². The standard InChI is InChI=1S/C11H12F3NO/c1-11(5-16-6-11)4-15-8-3-2-7(12)9(13)10(8)14/h2-3,15H,4-6H2,1H3. The molecule has 0 amide bonds.